The quantitative estimate of drug-likeness (QED) is 0.834. The van der Waals surface area contributed by atoms with Crippen molar-refractivity contribution in [2.24, 2.45) is 0 Å². The molecule has 1 aliphatic rings. The second-order valence-electron chi connectivity index (χ2n) is 4.39. The van der Waals surface area contributed by atoms with Crippen molar-refractivity contribution in [3.8, 4) is 0 Å². The van der Waals surface area contributed by atoms with Crippen LogP contribution in [-0.2, 0) is 9.84 Å². The van der Waals surface area contributed by atoms with E-state index < -0.39 is 9.84 Å². The van der Waals surface area contributed by atoms with E-state index in [9.17, 15) is 8.42 Å². The number of benzene rings is 1. The van der Waals surface area contributed by atoms with Crippen molar-refractivity contribution in [1.29, 1.82) is 0 Å². The van der Waals surface area contributed by atoms with Crippen molar-refractivity contribution in [2.45, 2.75) is 24.7 Å². The minimum Gasteiger partial charge on any atom is -0.320 e. The molecule has 4 heteroatoms. The van der Waals surface area contributed by atoms with E-state index in [0.29, 0.717) is 4.90 Å². The summed E-state index contributed by atoms with van der Waals surface area (Å²) >= 11 is 0. The molecule has 1 aromatic carbocycles. The van der Waals surface area contributed by atoms with Gasteiger partial charge in [-0.2, -0.15) is 0 Å². The Bertz CT molecular complexity index is 559. The van der Waals surface area contributed by atoms with Gasteiger partial charge in [0.15, 0.2) is 0 Å². The molecule has 0 unspecified atom stereocenters. The van der Waals surface area contributed by atoms with Gasteiger partial charge < -0.3 is 5.32 Å². The van der Waals surface area contributed by atoms with E-state index in [-0.39, 0.29) is 0 Å². The van der Waals surface area contributed by atoms with E-state index in [2.05, 4.69) is 5.32 Å². The van der Waals surface area contributed by atoms with E-state index in [1.54, 1.807) is 6.07 Å². The van der Waals surface area contributed by atoms with E-state index in [4.69, 9.17) is 0 Å². The fraction of sp³-hybridized carbons (Fsp3) is 0.385. The average Bonchev–Trinajstić information content (AvgIpc) is 2.51. The minimum atomic E-state index is -3.19. The van der Waals surface area contributed by atoms with Gasteiger partial charge in [0.2, 0.25) is 9.84 Å². The van der Waals surface area contributed by atoms with Gasteiger partial charge in [-0.3, -0.25) is 0 Å². The fourth-order valence-electron chi connectivity index (χ4n) is 2.11. The van der Waals surface area contributed by atoms with Gasteiger partial charge in [-0.25, -0.2) is 8.42 Å². The summed E-state index contributed by atoms with van der Waals surface area (Å²) in [6.07, 6.45) is 1.75. The zero-order valence-corrected chi connectivity index (χ0v) is 11.0. The molecule has 0 spiro atoms. The highest BCUT2D eigenvalue weighted by Gasteiger charge is 2.26. The van der Waals surface area contributed by atoms with Crippen LogP contribution in [0.1, 0.15) is 24.0 Å². The van der Waals surface area contributed by atoms with Gasteiger partial charge >= 0.3 is 0 Å². The van der Waals surface area contributed by atoms with Crippen LogP contribution < -0.4 is 5.32 Å². The summed E-state index contributed by atoms with van der Waals surface area (Å²) < 4.78 is 23.8. The molecule has 1 aromatic rings. The molecule has 0 radical (unpaired) electrons. The lowest BCUT2D eigenvalue weighted by molar-refractivity contribution is 0.605. The monoisotopic (exact) mass is 251 g/mol. The molecule has 3 nitrogen and oxygen atoms in total. The Kier molecular flexibility index (Phi) is 3.35. The molecule has 0 aliphatic carbocycles. The van der Waals surface area contributed by atoms with Crippen LogP contribution in [0.3, 0.4) is 0 Å². The second kappa shape index (κ2) is 4.63. The smallest absolute Gasteiger partial charge is 0.200 e. The molecule has 0 aromatic heterocycles. The number of nitrogens with one attached hydrogen (secondary N) is 1. The second-order valence-corrected chi connectivity index (χ2v) is 6.16. The fourth-order valence-corrected chi connectivity index (χ4v) is 3.61. The molecule has 92 valence electrons. The largest absolute Gasteiger partial charge is 0.320 e. The first-order valence-electron chi connectivity index (χ1n) is 5.76. The SMILES string of the molecule is CNCCCC1=CS(=O)(=O)c2ccc(C)cc21. The molecular formula is C13H17NO2S. The van der Waals surface area contributed by atoms with Crippen LogP contribution >= 0.6 is 0 Å². The highest BCUT2D eigenvalue weighted by Crippen LogP contribution is 2.36. The topological polar surface area (TPSA) is 46.2 Å². The highest BCUT2D eigenvalue weighted by molar-refractivity contribution is 7.95. The Morgan fingerprint density at radius 2 is 2.06 bits per heavy atom. The average molecular weight is 251 g/mol. The summed E-state index contributed by atoms with van der Waals surface area (Å²) in [6, 6.07) is 5.52. The number of fused-ring (bicyclic) bond motifs is 1. The normalized spacial score (nSPS) is 16.7. The van der Waals surface area contributed by atoms with Crippen molar-refractivity contribution in [3.63, 3.8) is 0 Å². The Morgan fingerprint density at radius 3 is 2.76 bits per heavy atom. The number of hydrogen-bond donors (Lipinski definition) is 1. The highest BCUT2D eigenvalue weighted by atomic mass is 32.2. The van der Waals surface area contributed by atoms with Crippen LogP contribution in [0.15, 0.2) is 28.5 Å². The van der Waals surface area contributed by atoms with E-state index in [1.165, 1.54) is 5.41 Å². The van der Waals surface area contributed by atoms with Crippen LogP contribution in [0.5, 0.6) is 0 Å². The van der Waals surface area contributed by atoms with Crippen molar-refractivity contribution < 1.29 is 8.42 Å². The maximum atomic E-state index is 11.9. The summed E-state index contributed by atoms with van der Waals surface area (Å²) in [5, 5.41) is 4.49. The van der Waals surface area contributed by atoms with Crippen LogP contribution in [0.25, 0.3) is 5.57 Å². The van der Waals surface area contributed by atoms with Crippen molar-refractivity contribution in [2.75, 3.05) is 13.6 Å². The molecule has 1 aliphatic heterocycles. The van der Waals surface area contributed by atoms with Gasteiger partial charge in [0, 0.05) is 5.41 Å². The first kappa shape index (κ1) is 12.3. The predicted octanol–water partition coefficient (Wildman–Crippen LogP) is 2.12. The number of rotatable bonds is 4. The Balaban J connectivity index is 2.34. The van der Waals surface area contributed by atoms with Gasteiger partial charge in [0.25, 0.3) is 0 Å². The van der Waals surface area contributed by atoms with Crippen LogP contribution in [0.2, 0.25) is 0 Å². The lowest BCUT2D eigenvalue weighted by Gasteiger charge is -2.05. The summed E-state index contributed by atoms with van der Waals surface area (Å²) in [4.78, 5) is 0.461. The first-order chi connectivity index (χ1) is 8.04. The van der Waals surface area contributed by atoms with Crippen molar-refractivity contribution in [3.05, 3.63) is 34.7 Å². The van der Waals surface area contributed by atoms with Gasteiger partial charge in [0.05, 0.1) is 4.90 Å². The third-order valence-electron chi connectivity index (χ3n) is 2.96. The van der Waals surface area contributed by atoms with Crippen LogP contribution in [0.4, 0.5) is 0 Å². The van der Waals surface area contributed by atoms with Crippen LogP contribution in [0, 0.1) is 6.92 Å². The van der Waals surface area contributed by atoms with Gasteiger partial charge in [0.1, 0.15) is 0 Å². The van der Waals surface area contributed by atoms with Gasteiger partial charge in [-0.15, -0.1) is 0 Å². The van der Waals surface area contributed by atoms with E-state index in [0.717, 1.165) is 36.1 Å². The number of allylic oxidation sites excluding steroid dienone is 1. The molecule has 0 amide bonds. The van der Waals surface area contributed by atoms with Crippen molar-refractivity contribution >= 4 is 15.4 Å². The Morgan fingerprint density at radius 1 is 1.29 bits per heavy atom. The van der Waals surface area contributed by atoms with E-state index >= 15 is 0 Å². The minimum absolute atomic E-state index is 0.461. The number of hydrogen-bond acceptors (Lipinski definition) is 3. The predicted molar refractivity (Wildman–Crippen MR) is 69.5 cm³/mol. The number of aryl methyl sites for hydroxylation is 1. The van der Waals surface area contributed by atoms with Gasteiger partial charge in [-0.1, -0.05) is 17.7 Å². The molecule has 0 atom stereocenters. The number of sulfone groups is 1. The molecule has 0 fully saturated rings. The molecule has 1 N–H and O–H groups in total. The summed E-state index contributed by atoms with van der Waals surface area (Å²) in [5.41, 5.74) is 2.93. The summed E-state index contributed by atoms with van der Waals surface area (Å²) in [7, 11) is -1.29. The molecule has 0 saturated heterocycles. The molecular weight excluding hydrogens is 234 g/mol. The third kappa shape index (κ3) is 2.42. The molecule has 17 heavy (non-hydrogen) atoms. The van der Waals surface area contributed by atoms with Crippen molar-refractivity contribution in [1.82, 2.24) is 5.32 Å². The summed E-state index contributed by atoms with van der Waals surface area (Å²) in [5.74, 6) is 0. The lowest BCUT2D eigenvalue weighted by Crippen LogP contribution is -2.07. The molecule has 1 heterocycles. The maximum absolute atomic E-state index is 11.9. The molecule has 0 saturated carbocycles. The van der Waals surface area contributed by atoms with Gasteiger partial charge in [-0.05, 0) is 50.6 Å². The standard InChI is InChI=1S/C13H17NO2S/c1-10-5-6-13-12(8-10)11(4-3-7-14-2)9-17(13,15)16/h5-6,8-9,14H,3-4,7H2,1-2H3. The lowest BCUT2D eigenvalue weighted by atomic mass is 10.0. The summed E-state index contributed by atoms with van der Waals surface area (Å²) in [6.45, 7) is 2.88. The first-order valence-corrected chi connectivity index (χ1v) is 7.30. The van der Waals surface area contributed by atoms with Crippen LogP contribution in [-0.4, -0.2) is 22.0 Å². The Hall–Kier alpha value is -1.13. The molecule has 2 rings (SSSR count). The molecule has 0 bridgehead atoms. The zero-order chi connectivity index (χ0) is 12.5. The zero-order valence-electron chi connectivity index (χ0n) is 10.2. The maximum Gasteiger partial charge on any atom is 0.200 e. The Labute approximate surface area is 102 Å². The third-order valence-corrected chi connectivity index (χ3v) is 4.52. The van der Waals surface area contributed by atoms with E-state index in [1.807, 2.05) is 26.1 Å².